The number of aromatic amines is 1. The van der Waals surface area contributed by atoms with Crippen LogP contribution in [0.1, 0.15) is 11.1 Å². The highest BCUT2D eigenvalue weighted by Gasteiger charge is 2.24. The number of nitrogens with two attached hydrogens (primary N) is 1. The zero-order chi connectivity index (χ0) is 24.6. The minimum absolute atomic E-state index is 0.321. The summed E-state index contributed by atoms with van der Waals surface area (Å²) in [6.45, 7) is 4.58. The van der Waals surface area contributed by atoms with Gasteiger partial charge in [-0.1, -0.05) is 18.2 Å². The summed E-state index contributed by atoms with van der Waals surface area (Å²) < 4.78 is 30.9. The average molecular weight is 495 g/mol. The molecule has 1 saturated heterocycles. The fraction of sp³-hybridized carbons (Fsp3) is 0.304. The molecule has 0 bridgehead atoms. The molecule has 0 amide bonds. The van der Waals surface area contributed by atoms with Gasteiger partial charge in [0.25, 0.3) is 0 Å². The maximum Gasteiger partial charge on any atom is 0.211 e. The smallest absolute Gasteiger partial charge is 0.211 e. The van der Waals surface area contributed by atoms with Gasteiger partial charge in [0.2, 0.25) is 15.7 Å². The summed E-state index contributed by atoms with van der Waals surface area (Å²) in [5, 5.41) is 10.6. The molecule has 3 aromatic heterocycles. The second kappa shape index (κ2) is 9.12. The predicted octanol–water partition coefficient (Wildman–Crippen LogP) is 1.97. The molecule has 1 aromatic carbocycles. The topological polar surface area (TPSA) is 143 Å². The molecule has 0 aliphatic carbocycles. The zero-order valence-electron chi connectivity index (χ0n) is 19.5. The minimum atomic E-state index is -3.15. The molecule has 182 valence electrons. The van der Waals surface area contributed by atoms with Crippen molar-refractivity contribution in [2.24, 2.45) is 0 Å². The number of hydrogen-bond donors (Lipinski definition) is 2. The molecule has 0 radical (unpaired) electrons. The lowest BCUT2D eigenvalue weighted by atomic mass is 10.0. The summed E-state index contributed by atoms with van der Waals surface area (Å²) in [6, 6.07) is 11.8. The first-order chi connectivity index (χ1) is 16.8. The van der Waals surface area contributed by atoms with Gasteiger partial charge in [-0.15, -0.1) is 5.10 Å². The number of H-pyrrole nitrogens is 1. The molecule has 0 saturated carbocycles. The Morgan fingerprint density at radius 2 is 1.83 bits per heavy atom. The SMILES string of the molecule is Cc1cc(-c2ccc(N3CCN(S(C)(=O)=O)CC3)nc2)ccc1COc1cc(N)nc2n[nH]nc12. The van der Waals surface area contributed by atoms with Crippen molar-refractivity contribution in [3.63, 3.8) is 0 Å². The van der Waals surface area contributed by atoms with E-state index in [1.165, 1.54) is 10.6 Å². The van der Waals surface area contributed by atoms with E-state index < -0.39 is 10.0 Å². The number of nitrogens with zero attached hydrogens (tertiary/aromatic N) is 6. The first kappa shape index (κ1) is 23.0. The maximum atomic E-state index is 11.7. The zero-order valence-corrected chi connectivity index (χ0v) is 20.3. The van der Waals surface area contributed by atoms with Crippen LogP contribution in [0.4, 0.5) is 11.6 Å². The van der Waals surface area contributed by atoms with Crippen molar-refractivity contribution in [2.45, 2.75) is 13.5 Å². The summed E-state index contributed by atoms with van der Waals surface area (Å²) in [6.07, 6.45) is 3.10. The third-order valence-corrected chi connectivity index (χ3v) is 7.42. The van der Waals surface area contributed by atoms with Crippen molar-refractivity contribution in [3.8, 4) is 16.9 Å². The molecule has 1 aliphatic heterocycles. The van der Waals surface area contributed by atoms with E-state index in [1.807, 2.05) is 37.4 Å². The highest BCUT2D eigenvalue weighted by Crippen LogP contribution is 2.27. The highest BCUT2D eigenvalue weighted by molar-refractivity contribution is 7.88. The number of aryl methyl sites for hydroxylation is 1. The van der Waals surface area contributed by atoms with Gasteiger partial charge < -0.3 is 15.4 Å². The molecule has 5 rings (SSSR count). The van der Waals surface area contributed by atoms with Gasteiger partial charge in [0, 0.05) is 44.0 Å². The van der Waals surface area contributed by atoms with E-state index in [4.69, 9.17) is 10.5 Å². The molecular formula is C23H26N8O3S. The number of rotatable bonds is 6. The number of fused-ring (bicyclic) bond motifs is 1. The normalized spacial score (nSPS) is 15.0. The number of piperazine rings is 1. The van der Waals surface area contributed by atoms with Crippen molar-refractivity contribution in [1.82, 2.24) is 29.7 Å². The Morgan fingerprint density at radius 1 is 1.06 bits per heavy atom. The molecular weight excluding hydrogens is 468 g/mol. The number of anilines is 2. The van der Waals surface area contributed by atoms with Crippen LogP contribution in [-0.4, -0.2) is 70.5 Å². The fourth-order valence-corrected chi connectivity index (χ4v) is 4.95. The molecule has 1 aliphatic rings. The van der Waals surface area contributed by atoms with Crippen LogP contribution in [0.2, 0.25) is 0 Å². The number of benzene rings is 1. The third kappa shape index (κ3) is 4.88. The van der Waals surface area contributed by atoms with Crippen molar-refractivity contribution in [1.29, 1.82) is 0 Å². The molecule has 0 unspecified atom stereocenters. The first-order valence-electron chi connectivity index (χ1n) is 11.1. The van der Waals surface area contributed by atoms with Gasteiger partial charge in [0.1, 0.15) is 18.2 Å². The molecule has 0 spiro atoms. The molecule has 35 heavy (non-hydrogen) atoms. The van der Waals surface area contributed by atoms with Gasteiger partial charge in [-0.05, 0) is 35.7 Å². The summed E-state index contributed by atoms with van der Waals surface area (Å²) in [5.74, 6) is 1.70. The van der Waals surface area contributed by atoms with Crippen LogP contribution >= 0.6 is 0 Å². The molecule has 1 fully saturated rings. The predicted molar refractivity (Wildman–Crippen MR) is 133 cm³/mol. The lowest BCUT2D eigenvalue weighted by Gasteiger charge is -2.34. The monoisotopic (exact) mass is 494 g/mol. The van der Waals surface area contributed by atoms with E-state index in [-0.39, 0.29) is 0 Å². The fourth-order valence-electron chi connectivity index (χ4n) is 4.12. The van der Waals surface area contributed by atoms with E-state index in [0.717, 1.165) is 28.1 Å². The molecule has 4 aromatic rings. The Morgan fingerprint density at radius 3 is 2.51 bits per heavy atom. The second-order valence-electron chi connectivity index (χ2n) is 8.53. The summed E-state index contributed by atoms with van der Waals surface area (Å²) in [4.78, 5) is 10.9. The molecule has 3 N–H and O–H groups in total. The Kier molecular flexibility index (Phi) is 5.99. The van der Waals surface area contributed by atoms with Crippen LogP contribution in [0, 0.1) is 6.92 Å². The van der Waals surface area contributed by atoms with Gasteiger partial charge in [0.05, 0.1) is 6.26 Å². The van der Waals surface area contributed by atoms with Crippen LogP contribution in [0.15, 0.2) is 42.6 Å². The van der Waals surface area contributed by atoms with Crippen LogP contribution in [-0.2, 0) is 16.6 Å². The van der Waals surface area contributed by atoms with E-state index in [1.54, 1.807) is 6.07 Å². The van der Waals surface area contributed by atoms with E-state index >= 15 is 0 Å². The lowest BCUT2D eigenvalue weighted by molar-refractivity contribution is 0.308. The number of pyridine rings is 2. The Bertz CT molecular complexity index is 1460. The molecule has 0 atom stereocenters. The largest absolute Gasteiger partial charge is 0.486 e. The molecule has 4 heterocycles. The molecule has 11 nitrogen and oxygen atoms in total. The quantitative estimate of drug-likeness (QED) is 0.411. The van der Waals surface area contributed by atoms with Gasteiger partial charge >= 0.3 is 0 Å². The van der Waals surface area contributed by atoms with Crippen molar-refractivity contribution in [2.75, 3.05) is 43.1 Å². The van der Waals surface area contributed by atoms with Crippen LogP contribution in [0.5, 0.6) is 5.75 Å². The maximum absolute atomic E-state index is 11.7. The number of aromatic nitrogens is 5. The Balaban J connectivity index is 1.26. The number of hydrogen-bond acceptors (Lipinski definition) is 9. The Labute approximate surface area is 203 Å². The summed E-state index contributed by atoms with van der Waals surface area (Å²) in [7, 11) is -3.15. The van der Waals surface area contributed by atoms with Gasteiger partial charge in [0.15, 0.2) is 11.3 Å². The average Bonchev–Trinajstić information content (AvgIpc) is 3.31. The van der Waals surface area contributed by atoms with Gasteiger partial charge in [-0.2, -0.15) is 14.6 Å². The van der Waals surface area contributed by atoms with Crippen molar-refractivity contribution >= 4 is 32.8 Å². The van der Waals surface area contributed by atoms with Crippen LogP contribution in [0.25, 0.3) is 22.3 Å². The van der Waals surface area contributed by atoms with E-state index in [2.05, 4.69) is 36.3 Å². The van der Waals surface area contributed by atoms with Gasteiger partial charge in [-0.3, -0.25) is 0 Å². The number of nitrogens with one attached hydrogen (secondary N) is 1. The van der Waals surface area contributed by atoms with Crippen LogP contribution in [0.3, 0.4) is 0 Å². The van der Waals surface area contributed by atoms with Crippen molar-refractivity contribution < 1.29 is 13.2 Å². The van der Waals surface area contributed by atoms with Crippen LogP contribution < -0.4 is 15.4 Å². The summed E-state index contributed by atoms with van der Waals surface area (Å²) in [5.41, 5.74) is 11.0. The minimum Gasteiger partial charge on any atom is -0.486 e. The molecule has 12 heteroatoms. The number of ether oxygens (including phenoxy) is 1. The van der Waals surface area contributed by atoms with E-state index in [9.17, 15) is 8.42 Å². The Hall–Kier alpha value is -3.77. The second-order valence-corrected chi connectivity index (χ2v) is 10.5. The number of sulfonamides is 1. The third-order valence-electron chi connectivity index (χ3n) is 6.12. The standard InChI is InChI=1S/C23H26N8O3S/c1-15-11-16(3-4-18(15)14-34-19-12-20(24)26-23-22(19)27-29-28-23)17-5-6-21(25-13-17)30-7-9-31(10-8-30)35(2,32)33/h3-6,11-13H,7-10,14H2,1-2H3,(H3,24,26,27,28,29). The van der Waals surface area contributed by atoms with Gasteiger partial charge in [-0.25, -0.2) is 18.4 Å². The first-order valence-corrected chi connectivity index (χ1v) is 13.0. The van der Waals surface area contributed by atoms with E-state index in [0.29, 0.717) is 55.5 Å². The summed E-state index contributed by atoms with van der Waals surface area (Å²) >= 11 is 0. The lowest BCUT2D eigenvalue weighted by Crippen LogP contribution is -2.48. The van der Waals surface area contributed by atoms with Crippen molar-refractivity contribution in [3.05, 3.63) is 53.7 Å². The number of nitrogen functional groups attached to an aromatic ring is 1. The highest BCUT2D eigenvalue weighted by atomic mass is 32.2.